The van der Waals surface area contributed by atoms with E-state index in [9.17, 15) is 14.6 Å². The second-order valence-electron chi connectivity index (χ2n) is 11.5. The molecule has 3 aliphatic rings. The van der Waals surface area contributed by atoms with E-state index < -0.39 is 56.8 Å². The largest absolute Gasteiger partial charge is 0.461 e. The molecule has 14 nitrogen and oxygen atoms in total. The van der Waals surface area contributed by atoms with Crippen molar-refractivity contribution in [2.75, 3.05) is 18.9 Å². The van der Waals surface area contributed by atoms with Crippen LogP contribution in [0.25, 0.3) is 5.52 Å². The van der Waals surface area contributed by atoms with Crippen LogP contribution in [-0.4, -0.2) is 65.2 Å². The summed E-state index contributed by atoms with van der Waals surface area (Å²) in [4.78, 5) is 13.0. The molecule has 4 heterocycles. The standard InChI is InChI=1S/C31H38N5O9P/c1-3-39-30-42-27-26(25-15-14-24-23(33)16-17-34-36(24)25)44-31(18-32,28(27)43-30)19-40-46(38,45-22-12-8-5-9-13-22)35-20(2)29(37)41-21-10-6-4-7-11-21/h5,8-9,12-17,20-21,26-28,30H,3-4,6-7,10-11,19,33H2,1-2H3,(H,35,38)/t20-,26-,27-,28-,30?,31+,46-/m0/s1. The zero-order valence-electron chi connectivity index (χ0n) is 25.7. The molecule has 7 atom stereocenters. The normalized spacial score (nSPS) is 28.3. The summed E-state index contributed by atoms with van der Waals surface area (Å²) >= 11 is 0. The molecule has 46 heavy (non-hydrogen) atoms. The van der Waals surface area contributed by atoms with Gasteiger partial charge in [0.2, 0.25) is 5.60 Å². The summed E-state index contributed by atoms with van der Waals surface area (Å²) in [5, 5.41) is 17.7. The maximum Gasteiger partial charge on any atom is 0.459 e. The number of hydrogen-bond donors (Lipinski definition) is 2. The van der Waals surface area contributed by atoms with Crippen molar-refractivity contribution in [1.82, 2.24) is 14.7 Å². The summed E-state index contributed by atoms with van der Waals surface area (Å²) in [6, 6.07) is 14.7. The first kappa shape index (κ1) is 32.4. The van der Waals surface area contributed by atoms with Crippen molar-refractivity contribution in [3.8, 4) is 11.8 Å². The monoisotopic (exact) mass is 655 g/mol. The molecule has 0 amide bonds. The second-order valence-corrected chi connectivity index (χ2v) is 13.2. The third-order valence-electron chi connectivity index (χ3n) is 8.28. The highest BCUT2D eigenvalue weighted by Crippen LogP contribution is 2.51. The van der Waals surface area contributed by atoms with Crippen LogP contribution in [-0.2, 0) is 37.6 Å². The van der Waals surface area contributed by atoms with Crippen LogP contribution in [0.3, 0.4) is 0 Å². The average Bonchev–Trinajstić information content (AvgIpc) is 3.75. The predicted molar refractivity (Wildman–Crippen MR) is 163 cm³/mol. The highest BCUT2D eigenvalue weighted by Gasteiger charge is 2.64. The number of carbonyl (C=O) groups excluding carboxylic acids is 1. The average molecular weight is 656 g/mol. The fraction of sp³-hybridized carbons (Fsp3) is 0.516. The third-order valence-corrected chi connectivity index (χ3v) is 9.90. The summed E-state index contributed by atoms with van der Waals surface area (Å²) in [6.07, 6.45) is 3.26. The molecule has 246 valence electrons. The van der Waals surface area contributed by atoms with Gasteiger partial charge in [-0.3, -0.25) is 9.32 Å². The van der Waals surface area contributed by atoms with Crippen molar-refractivity contribution in [1.29, 1.82) is 5.26 Å². The van der Waals surface area contributed by atoms with Gasteiger partial charge in [0, 0.05) is 12.8 Å². The highest BCUT2D eigenvalue weighted by atomic mass is 31.2. The number of rotatable bonds is 12. The van der Waals surface area contributed by atoms with Crippen LogP contribution < -0.4 is 15.3 Å². The first-order chi connectivity index (χ1) is 22.2. The lowest BCUT2D eigenvalue weighted by molar-refractivity contribution is -0.268. The number of para-hydroxylation sites is 1. The first-order valence-corrected chi connectivity index (χ1v) is 17.0. The predicted octanol–water partition coefficient (Wildman–Crippen LogP) is 4.41. The summed E-state index contributed by atoms with van der Waals surface area (Å²) in [5.41, 5.74) is 6.01. The van der Waals surface area contributed by atoms with Crippen molar-refractivity contribution < 1.29 is 42.1 Å². The molecule has 0 radical (unpaired) electrons. The molecule has 15 heteroatoms. The molecule has 2 aromatic heterocycles. The molecule has 0 bridgehead atoms. The summed E-state index contributed by atoms with van der Waals surface area (Å²) in [6.45, 7) is 1.93. The number of fused-ring (bicyclic) bond motifs is 2. The number of hydrogen-bond acceptors (Lipinski definition) is 12. The molecular weight excluding hydrogens is 617 g/mol. The zero-order valence-corrected chi connectivity index (χ0v) is 26.5. The lowest BCUT2D eigenvalue weighted by Gasteiger charge is -2.30. The van der Waals surface area contributed by atoms with Crippen molar-refractivity contribution in [3.05, 3.63) is 60.4 Å². The number of nitrogens with one attached hydrogen (secondary N) is 1. The molecule has 6 rings (SSSR count). The van der Waals surface area contributed by atoms with Gasteiger partial charge in [0.15, 0.2) is 0 Å². The Morgan fingerprint density at radius 2 is 1.98 bits per heavy atom. The van der Waals surface area contributed by atoms with Gasteiger partial charge in [-0.2, -0.15) is 15.4 Å². The Bertz CT molecular complexity index is 1610. The minimum Gasteiger partial charge on any atom is -0.461 e. The number of benzene rings is 1. The van der Waals surface area contributed by atoms with E-state index >= 15 is 0 Å². The number of esters is 1. The third kappa shape index (κ3) is 6.63. The van der Waals surface area contributed by atoms with Gasteiger partial charge in [0.1, 0.15) is 48.9 Å². The van der Waals surface area contributed by atoms with Crippen molar-refractivity contribution in [3.63, 3.8) is 0 Å². The number of aromatic nitrogens is 2. The van der Waals surface area contributed by atoms with Gasteiger partial charge in [-0.15, -0.1) is 0 Å². The number of nitriles is 1. The van der Waals surface area contributed by atoms with Gasteiger partial charge in [-0.05, 0) is 69.9 Å². The van der Waals surface area contributed by atoms with Crippen LogP contribution in [0.15, 0.2) is 54.7 Å². The van der Waals surface area contributed by atoms with Crippen LogP contribution in [0.2, 0.25) is 0 Å². The molecule has 1 unspecified atom stereocenters. The lowest BCUT2D eigenvalue weighted by Crippen LogP contribution is -2.46. The number of nitrogens with zero attached hydrogens (tertiary/aromatic N) is 3. The molecular formula is C31H38N5O9P. The summed E-state index contributed by atoms with van der Waals surface area (Å²) < 4.78 is 57.5. The number of carbonyl (C=O) groups is 1. The van der Waals surface area contributed by atoms with E-state index in [-0.39, 0.29) is 18.5 Å². The maximum absolute atomic E-state index is 14.3. The molecule has 3 fully saturated rings. The molecule has 2 aliphatic heterocycles. The zero-order chi connectivity index (χ0) is 32.3. The Balaban J connectivity index is 1.26. The number of nitrogen functional groups attached to an aromatic ring is 1. The van der Waals surface area contributed by atoms with Crippen LogP contribution in [0.4, 0.5) is 5.69 Å². The quantitative estimate of drug-likeness (QED) is 0.207. The number of anilines is 1. The van der Waals surface area contributed by atoms with Crippen LogP contribution in [0.5, 0.6) is 5.75 Å². The van der Waals surface area contributed by atoms with E-state index in [1.54, 1.807) is 66.2 Å². The van der Waals surface area contributed by atoms with Crippen LogP contribution >= 0.6 is 7.75 Å². The molecule has 1 aliphatic carbocycles. The minimum absolute atomic E-state index is 0.198. The topological polar surface area (TPSA) is 178 Å². The van der Waals surface area contributed by atoms with E-state index in [1.807, 2.05) is 0 Å². The summed E-state index contributed by atoms with van der Waals surface area (Å²) in [7, 11) is -4.35. The fourth-order valence-electron chi connectivity index (χ4n) is 5.98. The van der Waals surface area contributed by atoms with Gasteiger partial charge < -0.3 is 33.9 Å². The first-order valence-electron chi connectivity index (χ1n) is 15.5. The maximum atomic E-state index is 14.3. The fourth-order valence-corrected chi connectivity index (χ4v) is 7.50. The SMILES string of the molecule is CCOC1O[C@H]2[C@H](c3ccc4c(N)ccnn34)O[C@](C#N)(CO[P@@](=O)(N[C@@H](C)C(=O)OC3CCCCC3)Oc3ccccc3)[C@H]2O1. The Morgan fingerprint density at radius 1 is 1.20 bits per heavy atom. The smallest absolute Gasteiger partial charge is 0.459 e. The van der Waals surface area contributed by atoms with Gasteiger partial charge >= 0.3 is 13.7 Å². The Labute approximate surface area is 266 Å². The number of nitrogens with two attached hydrogens (primary N) is 1. The second kappa shape index (κ2) is 13.7. The Kier molecular flexibility index (Phi) is 9.63. The van der Waals surface area contributed by atoms with E-state index in [0.717, 1.165) is 32.1 Å². The summed E-state index contributed by atoms with van der Waals surface area (Å²) in [5.74, 6) is -0.362. The minimum atomic E-state index is -4.35. The molecule has 1 saturated carbocycles. The Morgan fingerprint density at radius 3 is 2.72 bits per heavy atom. The molecule has 0 spiro atoms. The molecule has 3 N–H and O–H groups in total. The van der Waals surface area contributed by atoms with Crippen LogP contribution in [0, 0.1) is 11.3 Å². The van der Waals surface area contributed by atoms with E-state index in [2.05, 4.69) is 16.3 Å². The number of ether oxygens (including phenoxy) is 5. The van der Waals surface area contributed by atoms with Crippen molar-refractivity contribution in [2.24, 2.45) is 0 Å². The van der Waals surface area contributed by atoms with Gasteiger partial charge in [-0.1, -0.05) is 24.6 Å². The lowest BCUT2D eigenvalue weighted by atomic mass is 9.96. The molecule has 1 aromatic carbocycles. The van der Waals surface area contributed by atoms with E-state index in [1.165, 1.54) is 6.92 Å². The van der Waals surface area contributed by atoms with Crippen molar-refractivity contribution in [2.45, 2.75) is 88.5 Å². The highest BCUT2D eigenvalue weighted by molar-refractivity contribution is 7.52. The van der Waals surface area contributed by atoms with Gasteiger partial charge in [0.25, 0.3) is 6.48 Å². The van der Waals surface area contributed by atoms with Crippen molar-refractivity contribution >= 4 is 24.9 Å². The molecule has 2 saturated heterocycles. The van der Waals surface area contributed by atoms with Crippen LogP contribution in [0.1, 0.15) is 57.7 Å². The Hall–Kier alpha value is -3.54. The molecule has 3 aromatic rings. The van der Waals surface area contributed by atoms with E-state index in [4.69, 9.17) is 38.5 Å². The van der Waals surface area contributed by atoms with Gasteiger partial charge in [-0.25, -0.2) is 9.08 Å². The van der Waals surface area contributed by atoms with Gasteiger partial charge in [0.05, 0.1) is 16.9 Å². The van der Waals surface area contributed by atoms with E-state index in [0.29, 0.717) is 16.9 Å².